The molecule has 13 heteroatoms. The number of alkyl halides is 3. The van der Waals surface area contributed by atoms with Gasteiger partial charge in [0.05, 0.1) is 11.1 Å². The molecule has 2 atom stereocenters. The highest BCUT2D eigenvalue weighted by Gasteiger charge is 2.45. The molecule has 3 aromatic rings. The van der Waals surface area contributed by atoms with Gasteiger partial charge in [-0.15, -0.1) is 13.2 Å². The van der Waals surface area contributed by atoms with Crippen LogP contribution >= 0.6 is 11.6 Å². The molecule has 1 N–H and O–H groups in total. The average molecular weight is 712 g/mol. The van der Waals surface area contributed by atoms with Crippen LogP contribution in [0, 0.1) is 13.8 Å². The van der Waals surface area contributed by atoms with Crippen molar-refractivity contribution in [1.29, 1.82) is 0 Å². The summed E-state index contributed by atoms with van der Waals surface area (Å²) in [5.74, 6) is -0.771. The van der Waals surface area contributed by atoms with Crippen molar-refractivity contribution in [2.45, 2.75) is 64.5 Å². The molecule has 0 aromatic heterocycles. The van der Waals surface area contributed by atoms with Gasteiger partial charge in [-0.05, 0) is 97.8 Å². The Labute approximate surface area is 292 Å². The molecule has 2 bridgehead atoms. The van der Waals surface area contributed by atoms with Gasteiger partial charge in [-0.1, -0.05) is 29.8 Å². The van der Waals surface area contributed by atoms with Crippen LogP contribution in [-0.2, 0) is 9.59 Å². The van der Waals surface area contributed by atoms with Crippen molar-refractivity contribution in [3.05, 3.63) is 93.5 Å². The Morgan fingerprint density at radius 1 is 0.920 bits per heavy atom. The summed E-state index contributed by atoms with van der Waals surface area (Å²) in [7, 11) is 0. The summed E-state index contributed by atoms with van der Waals surface area (Å²) in [6.45, 7) is 6.65. The largest absolute Gasteiger partial charge is 0.573 e. The van der Waals surface area contributed by atoms with E-state index in [1.165, 1.54) is 19.1 Å². The minimum atomic E-state index is -4.94. The van der Waals surface area contributed by atoms with Crippen molar-refractivity contribution in [2.75, 3.05) is 26.3 Å². The first-order valence-electron chi connectivity index (χ1n) is 16.4. The summed E-state index contributed by atoms with van der Waals surface area (Å²) >= 11 is 6.32. The molecule has 50 heavy (non-hydrogen) atoms. The number of carbonyl (C=O) groups is 3. The third kappa shape index (κ3) is 8.08. The van der Waals surface area contributed by atoms with E-state index in [0.29, 0.717) is 47.9 Å². The number of imide groups is 1. The van der Waals surface area contributed by atoms with Crippen LogP contribution in [0.25, 0.3) is 5.57 Å². The van der Waals surface area contributed by atoms with E-state index in [-0.39, 0.29) is 37.3 Å². The molecule has 0 spiro atoms. The normalized spacial score (nSPS) is 18.8. The topological polar surface area (TPSA) is 97.4 Å². The van der Waals surface area contributed by atoms with Crippen molar-refractivity contribution in [1.82, 2.24) is 15.1 Å². The van der Waals surface area contributed by atoms with Gasteiger partial charge in [-0.25, -0.2) is 0 Å². The molecule has 2 heterocycles. The van der Waals surface area contributed by atoms with Crippen LogP contribution in [0.2, 0.25) is 5.02 Å². The van der Waals surface area contributed by atoms with E-state index >= 15 is 0 Å². The smallest absolute Gasteiger partial charge is 0.490 e. The van der Waals surface area contributed by atoms with E-state index in [1.807, 2.05) is 38.1 Å². The maximum absolute atomic E-state index is 14.5. The molecule has 0 radical (unpaired) electrons. The summed E-state index contributed by atoms with van der Waals surface area (Å²) in [6.07, 6.45) is -3.38. The average Bonchev–Trinajstić information content (AvgIpc) is 3.90. The molecule has 0 unspecified atom stereocenters. The highest BCUT2D eigenvalue weighted by Crippen LogP contribution is 2.38. The Hall–Kier alpha value is -4.55. The molecule has 1 saturated carbocycles. The van der Waals surface area contributed by atoms with Crippen LogP contribution in [0.1, 0.15) is 53.2 Å². The van der Waals surface area contributed by atoms with Crippen LogP contribution in [0.15, 0.2) is 66.2 Å². The van der Waals surface area contributed by atoms with Gasteiger partial charge in [-0.3, -0.25) is 19.3 Å². The first-order valence-corrected chi connectivity index (χ1v) is 16.8. The van der Waals surface area contributed by atoms with Gasteiger partial charge in [0.1, 0.15) is 30.5 Å². The minimum Gasteiger partial charge on any atom is -0.490 e. The molecule has 3 aromatic carbocycles. The third-order valence-electron chi connectivity index (χ3n) is 9.11. The number of amides is 3. The number of halogens is 4. The Morgan fingerprint density at radius 3 is 2.30 bits per heavy atom. The minimum absolute atomic E-state index is 0.102. The van der Waals surface area contributed by atoms with Crippen LogP contribution in [-0.4, -0.2) is 78.3 Å². The van der Waals surface area contributed by atoms with Gasteiger partial charge in [0, 0.05) is 43.2 Å². The lowest BCUT2D eigenvalue weighted by Gasteiger charge is -2.44. The van der Waals surface area contributed by atoms with Gasteiger partial charge in [-0.2, -0.15) is 0 Å². The van der Waals surface area contributed by atoms with Gasteiger partial charge >= 0.3 is 6.36 Å². The number of aryl methyl sites for hydroxylation is 2. The quantitative estimate of drug-likeness (QED) is 0.190. The number of ether oxygens (including phenoxy) is 3. The summed E-state index contributed by atoms with van der Waals surface area (Å²) in [5.41, 5.74) is 3.88. The lowest BCUT2D eigenvalue weighted by Crippen LogP contribution is -2.62. The standard InChI is InChI=1S/C37H37ClF3N3O6/c1-21-15-31(38)33(16-22(21)2)49-14-13-48-28-11-7-24(8-12-28)30-18-26-19-43(23(3)45)20-32(42-26)34(30)36(47)44(27-9-10-27)35(46)25-5-4-6-29(17-25)50-37(39,40)41/h4-8,11-12,15-17,26-27,32,42H,9-10,13-14,18-20H2,1-3H3/t26-,32-/m1/s1. The molecule has 2 aliphatic heterocycles. The van der Waals surface area contributed by atoms with Crippen LogP contribution in [0.5, 0.6) is 17.2 Å². The fourth-order valence-electron chi connectivity index (χ4n) is 6.40. The molecule has 1 aliphatic carbocycles. The highest BCUT2D eigenvalue weighted by molar-refractivity contribution is 6.32. The molecule has 3 aliphatic rings. The second kappa shape index (κ2) is 14.4. The zero-order valence-corrected chi connectivity index (χ0v) is 28.6. The number of hydrogen-bond donors (Lipinski definition) is 1. The molecule has 3 amide bonds. The van der Waals surface area contributed by atoms with E-state index < -0.39 is 36.0 Å². The molecule has 6 rings (SSSR count). The van der Waals surface area contributed by atoms with Gasteiger partial charge in [0.15, 0.2) is 0 Å². The molecular weight excluding hydrogens is 675 g/mol. The summed E-state index contributed by atoms with van der Waals surface area (Å²) in [6, 6.07) is 14.7. The van der Waals surface area contributed by atoms with Crippen molar-refractivity contribution in [3.8, 4) is 17.2 Å². The van der Waals surface area contributed by atoms with Gasteiger partial charge in [0.25, 0.3) is 11.8 Å². The summed E-state index contributed by atoms with van der Waals surface area (Å²) in [5, 5.41) is 3.99. The lowest BCUT2D eigenvalue weighted by atomic mass is 9.82. The van der Waals surface area contributed by atoms with E-state index in [4.69, 9.17) is 21.1 Å². The third-order valence-corrected chi connectivity index (χ3v) is 9.40. The molecule has 9 nitrogen and oxygen atoms in total. The Balaban J connectivity index is 1.25. The van der Waals surface area contributed by atoms with Crippen LogP contribution in [0.3, 0.4) is 0 Å². The summed E-state index contributed by atoms with van der Waals surface area (Å²) in [4.78, 5) is 43.6. The SMILES string of the molecule is CC(=O)N1C[C@H]2CC(c3ccc(OCCOc4cc(C)c(C)cc4Cl)cc3)=C(C(=O)N(C(=O)c3cccc(OC(F)(F)F)c3)C3CC3)[C@@H](C1)N2. The van der Waals surface area contributed by atoms with Gasteiger partial charge in [0.2, 0.25) is 5.91 Å². The maximum Gasteiger partial charge on any atom is 0.573 e. The number of benzene rings is 3. The first-order chi connectivity index (χ1) is 23.8. The highest BCUT2D eigenvalue weighted by atomic mass is 35.5. The first kappa shape index (κ1) is 35.3. The predicted octanol–water partition coefficient (Wildman–Crippen LogP) is 6.49. The lowest BCUT2D eigenvalue weighted by molar-refractivity contribution is -0.274. The Kier molecular flexibility index (Phi) is 10.1. The number of rotatable bonds is 10. The molecular formula is C37H37ClF3N3O6. The monoisotopic (exact) mass is 711 g/mol. The zero-order valence-electron chi connectivity index (χ0n) is 27.8. The fourth-order valence-corrected chi connectivity index (χ4v) is 6.68. The zero-order chi connectivity index (χ0) is 35.7. The summed E-state index contributed by atoms with van der Waals surface area (Å²) < 4.78 is 54.5. The fraction of sp³-hybridized carbons (Fsp3) is 0.378. The number of carbonyl (C=O) groups excluding carboxylic acids is 3. The second-order valence-corrected chi connectivity index (χ2v) is 13.2. The Morgan fingerprint density at radius 2 is 1.62 bits per heavy atom. The molecule has 2 fully saturated rings. The van der Waals surface area contributed by atoms with E-state index in [9.17, 15) is 27.6 Å². The van der Waals surface area contributed by atoms with Crippen LogP contribution < -0.4 is 19.5 Å². The maximum atomic E-state index is 14.5. The van der Waals surface area contributed by atoms with E-state index in [1.54, 1.807) is 17.0 Å². The van der Waals surface area contributed by atoms with E-state index in [2.05, 4.69) is 10.1 Å². The van der Waals surface area contributed by atoms with Crippen molar-refractivity contribution in [2.24, 2.45) is 0 Å². The predicted molar refractivity (Wildman–Crippen MR) is 180 cm³/mol. The molecule has 1 saturated heterocycles. The number of hydrogen-bond acceptors (Lipinski definition) is 7. The number of fused-ring (bicyclic) bond motifs is 2. The Bertz CT molecular complexity index is 1830. The second-order valence-electron chi connectivity index (χ2n) is 12.8. The number of piperazine rings is 1. The van der Waals surface area contributed by atoms with Crippen molar-refractivity contribution >= 4 is 34.9 Å². The number of nitrogens with zero attached hydrogens (tertiary/aromatic N) is 2. The molecule has 264 valence electrons. The number of nitrogens with one attached hydrogen (secondary N) is 1. The van der Waals surface area contributed by atoms with Crippen molar-refractivity contribution < 1.29 is 41.8 Å². The van der Waals surface area contributed by atoms with Gasteiger partial charge < -0.3 is 24.4 Å². The van der Waals surface area contributed by atoms with Crippen LogP contribution in [0.4, 0.5) is 13.2 Å². The van der Waals surface area contributed by atoms with E-state index in [0.717, 1.165) is 39.3 Å². The van der Waals surface area contributed by atoms with Crippen molar-refractivity contribution in [3.63, 3.8) is 0 Å².